The normalized spacial score (nSPS) is 23.9. The first-order valence-corrected chi connectivity index (χ1v) is 10.0. The van der Waals surface area contributed by atoms with E-state index in [-0.39, 0.29) is 0 Å². The van der Waals surface area contributed by atoms with Gasteiger partial charge >= 0.3 is 6.09 Å². The molecule has 142 valence electrons. The molecule has 2 aliphatic heterocycles. The second-order valence-corrected chi connectivity index (χ2v) is 8.19. The van der Waals surface area contributed by atoms with Crippen molar-refractivity contribution in [2.75, 3.05) is 11.9 Å². The van der Waals surface area contributed by atoms with Crippen molar-refractivity contribution in [1.29, 1.82) is 0 Å². The van der Waals surface area contributed by atoms with Gasteiger partial charge in [-0.2, -0.15) is 0 Å². The van der Waals surface area contributed by atoms with Gasteiger partial charge in [-0.15, -0.1) is 0 Å². The highest BCUT2D eigenvalue weighted by atomic mass is 35.5. The highest BCUT2D eigenvalue weighted by molar-refractivity contribution is 6.31. The van der Waals surface area contributed by atoms with Gasteiger partial charge < -0.3 is 10.1 Å². The van der Waals surface area contributed by atoms with Crippen LogP contribution in [0, 0.1) is 12.8 Å². The van der Waals surface area contributed by atoms with Gasteiger partial charge in [0.2, 0.25) is 0 Å². The minimum Gasteiger partial charge on any atom is -0.449 e. The Balaban J connectivity index is 1.41. The van der Waals surface area contributed by atoms with Crippen molar-refractivity contribution in [3.05, 3.63) is 53.1 Å². The molecule has 2 unspecified atom stereocenters. The molecule has 2 aromatic carbocycles. The number of amides is 1. The maximum atomic E-state index is 12.4. The topological polar surface area (TPSA) is 50.4 Å². The number of anilines is 1. The van der Waals surface area contributed by atoms with Crippen molar-refractivity contribution < 1.29 is 9.53 Å². The Morgan fingerprint density at radius 3 is 2.56 bits per heavy atom. The smallest absolute Gasteiger partial charge is 0.411 e. The van der Waals surface area contributed by atoms with Gasteiger partial charge in [0.1, 0.15) is 0 Å². The second kappa shape index (κ2) is 7.91. The van der Waals surface area contributed by atoms with Gasteiger partial charge in [-0.1, -0.05) is 47.5 Å². The molecule has 0 aliphatic carbocycles. The average molecular weight is 385 g/mol. The van der Waals surface area contributed by atoms with Gasteiger partial charge in [0.25, 0.3) is 0 Å². The molecule has 27 heavy (non-hydrogen) atoms. The Morgan fingerprint density at radius 1 is 1.15 bits per heavy atom. The number of ether oxygens (including phenoxy) is 1. The summed E-state index contributed by atoms with van der Waals surface area (Å²) in [5, 5.41) is 7.07. The largest absolute Gasteiger partial charge is 0.449 e. The molecule has 5 heteroatoms. The fourth-order valence-electron chi connectivity index (χ4n) is 4.26. The molecule has 2 aromatic rings. The maximum Gasteiger partial charge on any atom is 0.411 e. The summed E-state index contributed by atoms with van der Waals surface area (Å²) in [6.45, 7) is 2.52. The van der Waals surface area contributed by atoms with E-state index in [4.69, 9.17) is 16.3 Å². The summed E-state index contributed by atoms with van der Waals surface area (Å²) in [5.74, 6) is 0.449. The van der Waals surface area contributed by atoms with Gasteiger partial charge in [-0.25, -0.2) is 4.79 Å². The Bertz CT molecular complexity index is 810. The zero-order valence-corrected chi connectivity index (χ0v) is 16.3. The number of rotatable bonds is 4. The fourth-order valence-corrected chi connectivity index (χ4v) is 4.43. The summed E-state index contributed by atoms with van der Waals surface area (Å²) in [7, 11) is 0. The lowest BCUT2D eigenvalue weighted by Gasteiger charge is -2.28. The second-order valence-electron chi connectivity index (χ2n) is 7.75. The van der Waals surface area contributed by atoms with E-state index in [9.17, 15) is 4.79 Å². The Hall–Kier alpha value is -2.04. The van der Waals surface area contributed by atoms with Crippen LogP contribution in [-0.2, 0) is 4.74 Å². The van der Waals surface area contributed by atoms with Crippen molar-refractivity contribution in [3.63, 3.8) is 0 Å². The minimum atomic E-state index is -0.420. The molecule has 2 N–H and O–H groups in total. The van der Waals surface area contributed by atoms with Gasteiger partial charge in [0.15, 0.2) is 0 Å². The zero-order chi connectivity index (χ0) is 18.8. The minimum absolute atomic E-state index is 0.420. The van der Waals surface area contributed by atoms with Gasteiger partial charge in [-0.3, -0.25) is 5.32 Å². The number of hydrogen-bond donors (Lipinski definition) is 2. The molecular formula is C22H25ClN2O2. The standard InChI is InChI=1S/C22H25ClN2O2/c1-14-2-4-16(5-3-14)20-9-6-17(23)12-21(20)25-22(26)27-13-15-10-18-7-8-19(11-15)24-18/h2-6,9,12,15,18-19,24H,7-8,10-11,13H2,1H3,(H,25,26). The molecule has 2 fully saturated rings. The first-order chi connectivity index (χ1) is 13.1. The molecule has 4 nitrogen and oxygen atoms in total. The van der Waals surface area contributed by atoms with Crippen molar-refractivity contribution in [1.82, 2.24) is 5.32 Å². The van der Waals surface area contributed by atoms with E-state index in [0.717, 1.165) is 24.0 Å². The lowest BCUT2D eigenvalue weighted by atomic mass is 9.93. The van der Waals surface area contributed by atoms with E-state index >= 15 is 0 Å². The van der Waals surface area contributed by atoms with E-state index in [1.807, 2.05) is 24.3 Å². The van der Waals surface area contributed by atoms with Gasteiger partial charge in [0.05, 0.1) is 12.3 Å². The van der Waals surface area contributed by atoms with Gasteiger partial charge in [-0.05, 0) is 56.2 Å². The third kappa shape index (κ3) is 4.45. The molecular weight excluding hydrogens is 360 g/mol. The van der Waals surface area contributed by atoms with Crippen LogP contribution >= 0.6 is 11.6 Å². The first kappa shape index (κ1) is 18.3. The van der Waals surface area contributed by atoms with Crippen LogP contribution in [0.5, 0.6) is 0 Å². The quantitative estimate of drug-likeness (QED) is 0.742. The molecule has 4 rings (SSSR count). The van der Waals surface area contributed by atoms with Crippen LogP contribution < -0.4 is 10.6 Å². The predicted octanol–water partition coefficient (Wildman–Crippen LogP) is 5.39. The van der Waals surface area contributed by atoms with Crippen LogP contribution in [0.2, 0.25) is 5.02 Å². The van der Waals surface area contributed by atoms with Crippen LogP contribution in [-0.4, -0.2) is 24.8 Å². The van der Waals surface area contributed by atoms with E-state index < -0.39 is 6.09 Å². The highest BCUT2D eigenvalue weighted by Crippen LogP contribution is 2.32. The number of carbonyl (C=O) groups is 1. The molecule has 2 bridgehead atoms. The van der Waals surface area contributed by atoms with Gasteiger partial charge in [0, 0.05) is 22.7 Å². The first-order valence-electron chi connectivity index (χ1n) is 9.63. The molecule has 2 heterocycles. The number of piperidine rings is 1. The zero-order valence-electron chi connectivity index (χ0n) is 15.5. The van der Waals surface area contributed by atoms with Crippen molar-refractivity contribution in [2.45, 2.75) is 44.7 Å². The lowest BCUT2D eigenvalue weighted by molar-refractivity contribution is 0.122. The van der Waals surface area contributed by atoms with E-state index in [2.05, 4.69) is 29.7 Å². The molecule has 1 amide bonds. The molecule has 2 atom stereocenters. The van der Waals surface area contributed by atoms with Crippen molar-refractivity contribution in [3.8, 4) is 11.1 Å². The van der Waals surface area contributed by atoms with E-state index in [1.54, 1.807) is 6.07 Å². The number of carbonyl (C=O) groups excluding carboxylic acids is 1. The van der Waals surface area contributed by atoms with E-state index in [0.29, 0.717) is 35.3 Å². The van der Waals surface area contributed by atoms with Crippen LogP contribution in [0.4, 0.5) is 10.5 Å². The summed E-state index contributed by atoms with van der Waals surface area (Å²) in [6.07, 6.45) is 4.26. The third-order valence-corrected chi connectivity index (χ3v) is 5.84. The summed E-state index contributed by atoms with van der Waals surface area (Å²) in [6, 6.07) is 14.9. The molecule has 0 saturated carbocycles. The number of nitrogens with one attached hydrogen (secondary N) is 2. The van der Waals surface area contributed by atoms with Crippen molar-refractivity contribution >= 4 is 23.4 Å². The van der Waals surface area contributed by atoms with Crippen LogP contribution in [0.15, 0.2) is 42.5 Å². The monoisotopic (exact) mass is 384 g/mol. The summed E-state index contributed by atoms with van der Waals surface area (Å²) in [5.41, 5.74) is 3.82. The third-order valence-electron chi connectivity index (χ3n) is 5.60. The number of halogens is 1. The molecule has 2 aliphatic rings. The van der Waals surface area contributed by atoms with E-state index in [1.165, 1.54) is 18.4 Å². The van der Waals surface area contributed by atoms with Crippen LogP contribution in [0.1, 0.15) is 31.2 Å². The summed E-state index contributed by atoms with van der Waals surface area (Å²) >= 11 is 6.15. The molecule has 2 saturated heterocycles. The number of aryl methyl sites for hydroxylation is 1. The molecule has 0 radical (unpaired) electrons. The fraction of sp³-hybridized carbons (Fsp3) is 0.409. The van der Waals surface area contributed by atoms with Crippen LogP contribution in [0.3, 0.4) is 0 Å². The Kier molecular flexibility index (Phi) is 5.37. The predicted molar refractivity (Wildman–Crippen MR) is 109 cm³/mol. The SMILES string of the molecule is Cc1ccc(-c2ccc(Cl)cc2NC(=O)OCC2CC3CCC(C2)N3)cc1. The summed E-state index contributed by atoms with van der Waals surface area (Å²) in [4.78, 5) is 12.4. The van der Waals surface area contributed by atoms with Crippen LogP contribution in [0.25, 0.3) is 11.1 Å². The molecule has 0 spiro atoms. The maximum absolute atomic E-state index is 12.4. The number of fused-ring (bicyclic) bond motifs is 2. The van der Waals surface area contributed by atoms with Crippen molar-refractivity contribution in [2.24, 2.45) is 5.92 Å². The molecule has 0 aromatic heterocycles. The number of benzene rings is 2. The highest BCUT2D eigenvalue weighted by Gasteiger charge is 2.33. The number of hydrogen-bond acceptors (Lipinski definition) is 3. The average Bonchev–Trinajstić information content (AvgIpc) is 2.99. The Morgan fingerprint density at radius 2 is 1.85 bits per heavy atom. The lowest BCUT2D eigenvalue weighted by Crippen LogP contribution is -2.39. The Labute approximate surface area is 165 Å². The summed E-state index contributed by atoms with van der Waals surface area (Å²) < 4.78 is 5.54.